The number of halogens is 1. The van der Waals surface area contributed by atoms with Crippen LogP contribution in [0.4, 0.5) is 4.39 Å². The van der Waals surface area contributed by atoms with Gasteiger partial charge in [0.05, 0.1) is 32.5 Å². The van der Waals surface area contributed by atoms with E-state index in [0.29, 0.717) is 37.6 Å². The van der Waals surface area contributed by atoms with E-state index in [4.69, 9.17) is 9.47 Å². The maximum Gasteiger partial charge on any atom is 0.268 e. The van der Waals surface area contributed by atoms with Gasteiger partial charge in [-0.1, -0.05) is 36.4 Å². The van der Waals surface area contributed by atoms with Gasteiger partial charge in [0.2, 0.25) is 0 Å². The average molecular weight is 368 g/mol. The second kappa shape index (κ2) is 7.90. The minimum absolute atomic E-state index is 0.146. The molecule has 0 spiro atoms. The normalized spacial score (nSPS) is 17.1. The molecule has 4 rings (SSSR count). The molecule has 1 saturated heterocycles. The molecule has 1 fully saturated rings. The van der Waals surface area contributed by atoms with Gasteiger partial charge in [0, 0.05) is 23.0 Å². The number of aromatic nitrogens is 1. The van der Waals surface area contributed by atoms with Crippen LogP contribution in [0.3, 0.4) is 0 Å². The van der Waals surface area contributed by atoms with Gasteiger partial charge in [0.1, 0.15) is 11.5 Å². The summed E-state index contributed by atoms with van der Waals surface area (Å²) >= 11 is 0. The highest BCUT2D eigenvalue weighted by Gasteiger charge is 2.19. The topological polar surface area (TPSA) is 52.5 Å². The molecule has 1 amide bonds. The number of carbonyl (C=O) groups is 1. The lowest BCUT2D eigenvalue weighted by Gasteiger charge is -2.23. The van der Waals surface area contributed by atoms with Gasteiger partial charge in [-0.05, 0) is 18.2 Å². The summed E-state index contributed by atoms with van der Waals surface area (Å²) in [4.78, 5) is 12.8. The molecule has 0 aliphatic carbocycles. The van der Waals surface area contributed by atoms with Gasteiger partial charge in [-0.2, -0.15) is 0 Å². The van der Waals surface area contributed by atoms with Crippen molar-refractivity contribution >= 4 is 16.8 Å². The van der Waals surface area contributed by atoms with Crippen LogP contribution >= 0.6 is 0 Å². The number of amides is 1. The number of hydrogen-bond acceptors (Lipinski definition) is 3. The Morgan fingerprint density at radius 2 is 1.96 bits per heavy atom. The minimum Gasteiger partial charge on any atom is -0.376 e. The number of ether oxygens (including phenoxy) is 2. The Balaban J connectivity index is 1.61. The van der Waals surface area contributed by atoms with Gasteiger partial charge >= 0.3 is 0 Å². The van der Waals surface area contributed by atoms with Gasteiger partial charge in [0.15, 0.2) is 0 Å². The summed E-state index contributed by atoms with van der Waals surface area (Å²) in [6, 6.07) is 16.2. The van der Waals surface area contributed by atoms with E-state index in [0.717, 1.165) is 10.9 Å². The molecule has 27 heavy (non-hydrogen) atoms. The van der Waals surface area contributed by atoms with Crippen molar-refractivity contribution in [1.29, 1.82) is 0 Å². The van der Waals surface area contributed by atoms with Crippen LogP contribution < -0.4 is 5.32 Å². The molecular weight excluding hydrogens is 347 g/mol. The van der Waals surface area contributed by atoms with Crippen molar-refractivity contribution in [3.63, 3.8) is 0 Å². The van der Waals surface area contributed by atoms with E-state index in [9.17, 15) is 9.18 Å². The van der Waals surface area contributed by atoms with Crippen LogP contribution in [-0.2, 0) is 16.0 Å². The third kappa shape index (κ3) is 3.86. The van der Waals surface area contributed by atoms with Crippen LogP contribution in [0.5, 0.6) is 0 Å². The van der Waals surface area contributed by atoms with Gasteiger partial charge in [0.25, 0.3) is 5.91 Å². The molecule has 1 aliphatic rings. The zero-order chi connectivity index (χ0) is 18.6. The Bertz CT molecular complexity index is 948. The number of nitrogens with zero attached hydrogens (tertiary/aromatic N) is 1. The Kier molecular flexibility index (Phi) is 5.18. The summed E-state index contributed by atoms with van der Waals surface area (Å²) in [6.45, 7) is 2.25. The highest BCUT2D eigenvalue weighted by molar-refractivity contribution is 5.98. The van der Waals surface area contributed by atoms with Crippen LogP contribution in [0.25, 0.3) is 10.9 Å². The molecule has 1 aromatic heterocycles. The largest absolute Gasteiger partial charge is 0.376 e. The SMILES string of the molecule is O=C(NC[C@H]1COCCO1)c1cc2ccccc2n1Cc1ccccc1F. The molecule has 3 aromatic rings. The Morgan fingerprint density at radius 1 is 1.15 bits per heavy atom. The number of para-hydroxylation sites is 1. The van der Waals surface area contributed by atoms with Crippen LogP contribution in [0.2, 0.25) is 0 Å². The Hall–Kier alpha value is -2.70. The molecule has 6 heteroatoms. The van der Waals surface area contributed by atoms with E-state index in [-0.39, 0.29) is 24.4 Å². The predicted octanol–water partition coefficient (Wildman–Crippen LogP) is 2.97. The summed E-state index contributed by atoms with van der Waals surface area (Å²) in [6.07, 6.45) is -0.146. The molecule has 1 N–H and O–H groups in total. The Morgan fingerprint density at radius 3 is 2.78 bits per heavy atom. The fourth-order valence-electron chi connectivity index (χ4n) is 3.32. The van der Waals surface area contributed by atoms with Crippen LogP contribution in [0.1, 0.15) is 16.1 Å². The summed E-state index contributed by atoms with van der Waals surface area (Å²) in [5.41, 5.74) is 1.93. The summed E-state index contributed by atoms with van der Waals surface area (Å²) < 4.78 is 26.9. The van der Waals surface area contributed by atoms with Crippen molar-refractivity contribution in [2.75, 3.05) is 26.4 Å². The lowest BCUT2D eigenvalue weighted by molar-refractivity contribution is -0.0855. The first-order valence-electron chi connectivity index (χ1n) is 9.01. The number of benzene rings is 2. The third-order valence-corrected chi connectivity index (χ3v) is 4.70. The molecule has 140 valence electrons. The molecular formula is C21H21FN2O3. The highest BCUT2D eigenvalue weighted by atomic mass is 19.1. The second-order valence-electron chi connectivity index (χ2n) is 6.54. The number of fused-ring (bicyclic) bond motifs is 1. The highest BCUT2D eigenvalue weighted by Crippen LogP contribution is 2.22. The van der Waals surface area contributed by atoms with E-state index in [1.165, 1.54) is 6.07 Å². The van der Waals surface area contributed by atoms with Crippen molar-refractivity contribution in [3.05, 3.63) is 71.7 Å². The summed E-state index contributed by atoms with van der Waals surface area (Å²) in [5, 5.41) is 3.85. The first kappa shape index (κ1) is 17.7. The number of carbonyl (C=O) groups excluding carboxylic acids is 1. The summed E-state index contributed by atoms with van der Waals surface area (Å²) in [7, 11) is 0. The molecule has 1 aliphatic heterocycles. The smallest absolute Gasteiger partial charge is 0.268 e. The fraction of sp³-hybridized carbons (Fsp3) is 0.286. The molecule has 2 aromatic carbocycles. The predicted molar refractivity (Wildman–Crippen MR) is 100 cm³/mol. The molecule has 2 heterocycles. The van der Waals surface area contributed by atoms with Crippen molar-refractivity contribution in [3.8, 4) is 0 Å². The van der Waals surface area contributed by atoms with Crippen LogP contribution in [-0.4, -0.2) is 42.9 Å². The third-order valence-electron chi connectivity index (χ3n) is 4.70. The molecule has 1 atom stereocenters. The molecule has 0 unspecified atom stereocenters. The number of nitrogens with one attached hydrogen (secondary N) is 1. The van der Waals surface area contributed by atoms with E-state index in [1.807, 2.05) is 34.9 Å². The number of hydrogen-bond donors (Lipinski definition) is 1. The van der Waals surface area contributed by atoms with Gasteiger partial charge in [-0.3, -0.25) is 4.79 Å². The Labute approximate surface area is 156 Å². The van der Waals surface area contributed by atoms with E-state index >= 15 is 0 Å². The zero-order valence-corrected chi connectivity index (χ0v) is 14.9. The fourth-order valence-corrected chi connectivity index (χ4v) is 3.32. The zero-order valence-electron chi connectivity index (χ0n) is 14.9. The van der Waals surface area contributed by atoms with Crippen LogP contribution in [0.15, 0.2) is 54.6 Å². The monoisotopic (exact) mass is 368 g/mol. The maximum atomic E-state index is 14.2. The van der Waals surface area contributed by atoms with Crippen molar-refractivity contribution in [2.24, 2.45) is 0 Å². The van der Waals surface area contributed by atoms with E-state index in [2.05, 4.69) is 5.32 Å². The van der Waals surface area contributed by atoms with E-state index < -0.39 is 0 Å². The van der Waals surface area contributed by atoms with Crippen molar-refractivity contribution in [2.45, 2.75) is 12.6 Å². The van der Waals surface area contributed by atoms with Crippen molar-refractivity contribution < 1.29 is 18.7 Å². The molecule has 0 bridgehead atoms. The minimum atomic E-state index is -0.283. The molecule has 0 radical (unpaired) electrons. The quantitative estimate of drug-likeness (QED) is 0.753. The summed E-state index contributed by atoms with van der Waals surface area (Å²) in [5.74, 6) is -0.494. The first-order chi connectivity index (χ1) is 13.2. The maximum absolute atomic E-state index is 14.2. The van der Waals surface area contributed by atoms with Gasteiger partial charge in [-0.25, -0.2) is 4.39 Å². The van der Waals surface area contributed by atoms with Crippen LogP contribution in [0, 0.1) is 5.82 Å². The molecule has 5 nitrogen and oxygen atoms in total. The van der Waals surface area contributed by atoms with Gasteiger partial charge in [-0.15, -0.1) is 0 Å². The van der Waals surface area contributed by atoms with E-state index in [1.54, 1.807) is 18.2 Å². The molecule has 0 saturated carbocycles. The lowest BCUT2D eigenvalue weighted by atomic mass is 10.2. The first-order valence-corrected chi connectivity index (χ1v) is 9.01. The number of rotatable bonds is 5. The standard InChI is InChI=1S/C21H21FN2O3/c22-18-7-3-1-6-16(18)13-24-19-8-4-2-5-15(19)11-20(24)21(25)23-12-17-14-26-9-10-27-17/h1-8,11,17H,9-10,12-14H2,(H,23,25)/t17-/m0/s1. The average Bonchev–Trinajstić information content (AvgIpc) is 3.07. The van der Waals surface area contributed by atoms with Crippen molar-refractivity contribution in [1.82, 2.24) is 9.88 Å². The lowest BCUT2D eigenvalue weighted by Crippen LogP contribution is -2.40. The second-order valence-corrected chi connectivity index (χ2v) is 6.54. The van der Waals surface area contributed by atoms with Gasteiger partial charge < -0.3 is 19.4 Å².